The maximum atomic E-state index is 14.0. The first kappa shape index (κ1) is 25.4. The van der Waals surface area contributed by atoms with Gasteiger partial charge in [0.1, 0.15) is 11.6 Å². The molecule has 1 aliphatic carbocycles. The molecule has 0 aromatic heterocycles. The van der Waals surface area contributed by atoms with E-state index in [0.29, 0.717) is 41.1 Å². The highest BCUT2D eigenvalue weighted by atomic mass is 79.9. The van der Waals surface area contributed by atoms with E-state index in [9.17, 15) is 15.3 Å². The Morgan fingerprint density at radius 1 is 1.03 bits per heavy atom. The fourth-order valence-corrected chi connectivity index (χ4v) is 6.19. The molecule has 0 saturated carbocycles. The molecule has 2 N–H and O–H groups in total. The summed E-state index contributed by atoms with van der Waals surface area (Å²) >= 11 is 3.57. The van der Waals surface area contributed by atoms with Crippen LogP contribution in [0.3, 0.4) is 0 Å². The molecule has 7 heteroatoms. The van der Waals surface area contributed by atoms with Crippen LogP contribution in [0.4, 0.5) is 5.69 Å². The molecule has 0 fully saturated rings. The molecule has 2 heterocycles. The number of allylic oxidation sites excluding steroid dienone is 2. The Bertz CT molecular complexity index is 1590. The smallest absolute Gasteiger partial charge is 0.231 e. The van der Waals surface area contributed by atoms with Crippen molar-refractivity contribution in [2.45, 2.75) is 39.5 Å². The number of aryl methyl sites for hydroxylation is 1. The maximum Gasteiger partial charge on any atom is 0.231 e. The highest BCUT2D eigenvalue weighted by Gasteiger charge is 2.47. The number of anilines is 1. The predicted octanol–water partition coefficient (Wildman–Crippen LogP) is 7.68. The molecule has 6 nitrogen and oxygen atoms in total. The quantitative estimate of drug-likeness (QED) is 0.308. The van der Waals surface area contributed by atoms with Gasteiger partial charge in [-0.15, -0.1) is 0 Å². The van der Waals surface area contributed by atoms with Crippen LogP contribution in [-0.2, 0) is 4.79 Å². The van der Waals surface area contributed by atoms with Crippen molar-refractivity contribution in [1.29, 1.82) is 5.41 Å². The number of nitrogens with zero attached hydrogens (tertiary/aromatic N) is 1. The van der Waals surface area contributed by atoms with E-state index >= 15 is 0 Å². The van der Waals surface area contributed by atoms with Gasteiger partial charge in [0.05, 0.1) is 0 Å². The van der Waals surface area contributed by atoms with Gasteiger partial charge in [0.15, 0.2) is 17.3 Å². The third-order valence-corrected chi connectivity index (χ3v) is 8.09. The van der Waals surface area contributed by atoms with Gasteiger partial charge in [-0.3, -0.25) is 15.1 Å². The lowest BCUT2D eigenvalue weighted by molar-refractivity contribution is -0.118. The first-order valence-electron chi connectivity index (χ1n) is 12.9. The van der Waals surface area contributed by atoms with E-state index < -0.39 is 5.92 Å². The van der Waals surface area contributed by atoms with Crippen LogP contribution < -0.4 is 14.4 Å². The minimum absolute atomic E-state index is 0.0191. The number of rotatable bonds is 3. The maximum absolute atomic E-state index is 14.0. The van der Waals surface area contributed by atoms with E-state index in [1.165, 1.54) is 0 Å². The standard InChI is InChI=1S/C32H29BrN2O4/c1-18-7-9-19(10-8-18)30(37)29-27(20-11-12-25-26(13-20)39-17-38-25)28-23(15-32(2,3)16-24(28)36)35(31(29)34)22-6-4-5-21(33)14-22/h4-14,27,34,37H,15-17H2,1-3H3/t27-/m1/s1. The largest absolute Gasteiger partial charge is 0.507 e. The summed E-state index contributed by atoms with van der Waals surface area (Å²) in [7, 11) is 0. The van der Waals surface area contributed by atoms with Crippen molar-refractivity contribution in [3.05, 3.63) is 105 Å². The highest BCUT2D eigenvalue weighted by Crippen LogP contribution is 2.52. The molecule has 0 bridgehead atoms. The number of halogens is 1. The van der Waals surface area contributed by atoms with Gasteiger partial charge in [0.2, 0.25) is 6.79 Å². The van der Waals surface area contributed by atoms with Crippen LogP contribution in [-0.4, -0.2) is 23.5 Å². The lowest BCUT2D eigenvalue weighted by Crippen LogP contribution is -2.45. The van der Waals surface area contributed by atoms with Gasteiger partial charge in [-0.25, -0.2) is 0 Å². The summed E-state index contributed by atoms with van der Waals surface area (Å²) in [6.45, 7) is 6.29. The van der Waals surface area contributed by atoms with Crippen molar-refractivity contribution in [2.75, 3.05) is 11.7 Å². The van der Waals surface area contributed by atoms with Gasteiger partial charge >= 0.3 is 0 Å². The van der Waals surface area contributed by atoms with Gasteiger partial charge in [-0.05, 0) is 54.7 Å². The van der Waals surface area contributed by atoms with Crippen LogP contribution in [0, 0.1) is 17.7 Å². The summed E-state index contributed by atoms with van der Waals surface area (Å²) in [5.74, 6) is 0.721. The van der Waals surface area contributed by atoms with E-state index in [0.717, 1.165) is 27.0 Å². The van der Waals surface area contributed by atoms with Crippen molar-refractivity contribution in [3.8, 4) is 11.5 Å². The van der Waals surface area contributed by atoms with E-state index in [2.05, 4.69) is 29.8 Å². The number of carbonyl (C=O) groups is 1. The first-order chi connectivity index (χ1) is 18.6. The van der Waals surface area contributed by atoms with Crippen LogP contribution in [0.1, 0.15) is 49.3 Å². The number of carbonyl (C=O) groups excluding carboxylic acids is 1. The molecule has 3 aromatic carbocycles. The van der Waals surface area contributed by atoms with Crippen LogP contribution in [0.25, 0.3) is 5.76 Å². The van der Waals surface area contributed by atoms with Crippen molar-refractivity contribution < 1.29 is 19.4 Å². The number of Topliss-reactive ketones (excluding diaryl/α,β-unsaturated/α-hetero) is 1. The minimum Gasteiger partial charge on any atom is -0.507 e. The molecule has 0 unspecified atom stereocenters. The average Bonchev–Trinajstić information content (AvgIpc) is 3.35. The average molecular weight is 585 g/mol. The molecule has 2 aliphatic heterocycles. The number of aliphatic hydroxyl groups is 1. The van der Waals surface area contributed by atoms with Crippen LogP contribution >= 0.6 is 15.9 Å². The number of hydrogen-bond acceptors (Lipinski definition) is 5. The Kier molecular flexibility index (Phi) is 6.14. The second-order valence-electron chi connectivity index (χ2n) is 11.1. The lowest BCUT2D eigenvalue weighted by atomic mass is 9.67. The van der Waals surface area contributed by atoms with Gasteiger partial charge in [0, 0.05) is 44.9 Å². The fraction of sp³-hybridized carbons (Fsp3) is 0.250. The van der Waals surface area contributed by atoms with E-state index in [-0.39, 0.29) is 29.6 Å². The summed E-state index contributed by atoms with van der Waals surface area (Å²) in [5, 5.41) is 21.4. The molecule has 0 spiro atoms. The number of hydrogen-bond donors (Lipinski definition) is 2. The predicted molar refractivity (Wildman–Crippen MR) is 155 cm³/mol. The number of aliphatic hydroxyl groups excluding tert-OH is 1. The highest BCUT2D eigenvalue weighted by molar-refractivity contribution is 9.10. The molecule has 0 saturated heterocycles. The number of ether oxygens (including phenoxy) is 2. The molecule has 3 aliphatic rings. The monoisotopic (exact) mass is 584 g/mol. The number of ketones is 1. The summed E-state index contributed by atoms with van der Waals surface area (Å²) < 4.78 is 12.1. The third kappa shape index (κ3) is 4.44. The van der Waals surface area contributed by atoms with Crippen molar-refractivity contribution in [3.63, 3.8) is 0 Å². The fourth-order valence-electron chi connectivity index (χ4n) is 5.81. The minimum atomic E-state index is -0.643. The zero-order valence-corrected chi connectivity index (χ0v) is 23.6. The summed E-state index contributed by atoms with van der Waals surface area (Å²) in [5.41, 5.74) is 4.68. The molecular formula is C32H29BrN2O4. The zero-order valence-electron chi connectivity index (χ0n) is 22.0. The van der Waals surface area contributed by atoms with E-state index in [1.54, 1.807) is 0 Å². The SMILES string of the molecule is Cc1ccc(C(O)=C2C(=N)N(c3cccc(Br)c3)C3=C(C(=O)CC(C)(C)C3)[C@H]2c2ccc3c(c2)OCO3)cc1. The van der Waals surface area contributed by atoms with Crippen molar-refractivity contribution in [2.24, 2.45) is 5.41 Å². The summed E-state index contributed by atoms with van der Waals surface area (Å²) in [6, 6.07) is 20.9. The van der Waals surface area contributed by atoms with Gasteiger partial charge < -0.3 is 14.6 Å². The molecule has 198 valence electrons. The van der Waals surface area contributed by atoms with Gasteiger partial charge in [0.25, 0.3) is 0 Å². The molecule has 39 heavy (non-hydrogen) atoms. The molecule has 0 radical (unpaired) electrons. The number of fused-ring (bicyclic) bond motifs is 1. The normalized spacial score (nSPS) is 21.2. The van der Waals surface area contributed by atoms with E-state index in [1.807, 2.05) is 78.6 Å². The summed E-state index contributed by atoms with van der Waals surface area (Å²) in [6.07, 6.45) is 0.994. The number of benzene rings is 3. The number of nitrogens with one attached hydrogen (secondary N) is 1. The van der Waals surface area contributed by atoms with Crippen molar-refractivity contribution in [1.82, 2.24) is 0 Å². The molecule has 6 rings (SSSR count). The van der Waals surface area contributed by atoms with Gasteiger partial charge in [-0.1, -0.05) is 71.7 Å². The first-order valence-corrected chi connectivity index (χ1v) is 13.7. The topological polar surface area (TPSA) is 82.9 Å². The Morgan fingerprint density at radius 3 is 2.51 bits per heavy atom. The van der Waals surface area contributed by atoms with Crippen LogP contribution in [0.2, 0.25) is 0 Å². The lowest BCUT2D eigenvalue weighted by Gasteiger charge is -2.45. The molecule has 1 atom stereocenters. The van der Waals surface area contributed by atoms with Crippen molar-refractivity contribution >= 4 is 39.0 Å². The van der Waals surface area contributed by atoms with Crippen LogP contribution in [0.15, 0.2) is 88.0 Å². The number of amidine groups is 1. The Hall–Kier alpha value is -3.84. The second kappa shape index (κ2) is 9.42. The molecule has 0 amide bonds. The third-order valence-electron chi connectivity index (χ3n) is 7.60. The van der Waals surface area contributed by atoms with Gasteiger partial charge in [-0.2, -0.15) is 0 Å². The molecular weight excluding hydrogens is 556 g/mol. The summed E-state index contributed by atoms with van der Waals surface area (Å²) in [4.78, 5) is 15.9. The Balaban J connectivity index is 1.67. The second-order valence-corrected chi connectivity index (χ2v) is 12.1. The molecule has 3 aromatic rings. The van der Waals surface area contributed by atoms with E-state index in [4.69, 9.17) is 9.47 Å². The Morgan fingerprint density at radius 2 is 1.77 bits per heavy atom. The Labute approximate surface area is 236 Å². The zero-order chi connectivity index (χ0) is 27.5. The van der Waals surface area contributed by atoms with Crippen LogP contribution in [0.5, 0.6) is 11.5 Å².